The number of halogens is 6. The molecule has 1 fully saturated rings. The number of alkyl halides is 3. The van der Waals surface area contributed by atoms with Gasteiger partial charge in [0, 0.05) is 37.8 Å². The normalized spacial score (nSPS) is 17.4. The average molecular weight is 373 g/mol. The Morgan fingerprint density at radius 1 is 1.30 bits per heavy atom. The van der Waals surface area contributed by atoms with E-state index < -0.39 is 23.6 Å². The molecule has 0 bridgehead atoms. The number of rotatable bonds is 4. The van der Waals surface area contributed by atoms with Gasteiger partial charge in [0.1, 0.15) is 5.82 Å². The summed E-state index contributed by atoms with van der Waals surface area (Å²) >= 11 is 5.72. The second kappa shape index (κ2) is 8.33. The van der Waals surface area contributed by atoms with E-state index in [1.165, 1.54) is 6.08 Å². The average Bonchev–Trinajstić information content (AvgIpc) is 2.47. The van der Waals surface area contributed by atoms with Crippen molar-refractivity contribution in [3.8, 4) is 0 Å². The SMILES string of the molecule is C=CC[C@@H](c1c(C(F)(F)F)ccc(Cl)c1F)N1CCNCC1.Cl. The fourth-order valence-corrected chi connectivity index (χ4v) is 2.91. The first-order valence-corrected chi connectivity index (χ1v) is 7.34. The van der Waals surface area contributed by atoms with Gasteiger partial charge in [0.25, 0.3) is 0 Å². The lowest BCUT2D eigenvalue weighted by atomic mass is 9.94. The zero-order chi connectivity index (χ0) is 16.3. The van der Waals surface area contributed by atoms with Crippen LogP contribution in [0.3, 0.4) is 0 Å². The fourth-order valence-electron chi connectivity index (χ4n) is 2.74. The number of nitrogens with zero attached hydrogens (tertiary/aromatic N) is 1. The second-order valence-corrected chi connectivity index (χ2v) is 5.55. The Labute approximate surface area is 143 Å². The molecule has 23 heavy (non-hydrogen) atoms. The Morgan fingerprint density at radius 3 is 2.43 bits per heavy atom. The molecule has 8 heteroatoms. The maximum absolute atomic E-state index is 14.4. The van der Waals surface area contributed by atoms with Gasteiger partial charge in [-0.25, -0.2) is 4.39 Å². The van der Waals surface area contributed by atoms with Crippen molar-refractivity contribution >= 4 is 24.0 Å². The first kappa shape index (κ1) is 20.2. The highest BCUT2D eigenvalue weighted by Gasteiger charge is 2.39. The third-order valence-corrected chi connectivity index (χ3v) is 4.05. The van der Waals surface area contributed by atoms with Crippen molar-refractivity contribution in [2.45, 2.75) is 18.6 Å². The number of hydrogen-bond acceptors (Lipinski definition) is 2. The molecule has 0 amide bonds. The minimum Gasteiger partial charge on any atom is -0.314 e. The van der Waals surface area contributed by atoms with Crippen LogP contribution in [0.5, 0.6) is 0 Å². The van der Waals surface area contributed by atoms with E-state index in [1.54, 1.807) is 0 Å². The molecule has 0 aromatic heterocycles. The van der Waals surface area contributed by atoms with Gasteiger partial charge in [-0.05, 0) is 18.6 Å². The summed E-state index contributed by atoms with van der Waals surface area (Å²) in [5.74, 6) is -0.998. The maximum atomic E-state index is 14.4. The number of piperazine rings is 1. The molecule has 0 unspecified atom stereocenters. The van der Waals surface area contributed by atoms with Crippen LogP contribution in [0.4, 0.5) is 17.6 Å². The topological polar surface area (TPSA) is 15.3 Å². The summed E-state index contributed by atoms with van der Waals surface area (Å²) in [6.07, 6.45) is -2.90. The van der Waals surface area contributed by atoms with Crippen LogP contribution in [0.1, 0.15) is 23.6 Å². The minimum absolute atomic E-state index is 0. The smallest absolute Gasteiger partial charge is 0.314 e. The van der Waals surface area contributed by atoms with Gasteiger partial charge in [0.15, 0.2) is 0 Å². The van der Waals surface area contributed by atoms with Gasteiger partial charge >= 0.3 is 6.18 Å². The fraction of sp³-hybridized carbons (Fsp3) is 0.467. The van der Waals surface area contributed by atoms with Gasteiger partial charge in [-0.15, -0.1) is 19.0 Å². The molecule has 1 N–H and O–H groups in total. The third kappa shape index (κ3) is 4.59. The summed E-state index contributed by atoms with van der Waals surface area (Å²) in [5, 5.41) is 2.83. The molecular formula is C15H18Cl2F4N2. The lowest BCUT2D eigenvalue weighted by Crippen LogP contribution is -2.45. The summed E-state index contributed by atoms with van der Waals surface area (Å²) in [6, 6.07) is 1.07. The molecule has 2 nitrogen and oxygen atoms in total. The van der Waals surface area contributed by atoms with Gasteiger partial charge < -0.3 is 5.32 Å². The molecule has 1 aromatic carbocycles. The molecule has 1 aliphatic rings. The molecule has 2 rings (SSSR count). The highest BCUT2D eigenvalue weighted by molar-refractivity contribution is 6.30. The van der Waals surface area contributed by atoms with Crippen LogP contribution in [-0.4, -0.2) is 31.1 Å². The number of benzene rings is 1. The Hall–Kier alpha value is -0.820. The molecule has 0 aliphatic carbocycles. The Balaban J connectivity index is 0.00000264. The lowest BCUT2D eigenvalue weighted by Gasteiger charge is -2.36. The molecule has 1 aromatic rings. The van der Waals surface area contributed by atoms with E-state index >= 15 is 0 Å². The van der Waals surface area contributed by atoms with Crippen molar-refractivity contribution < 1.29 is 17.6 Å². The van der Waals surface area contributed by atoms with E-state index in [0.29, 0.717) is 26.2 Å². The van der Waals surface area contributed by atoms with E-state index in [0.717, 1.165) is 12.1 Å². The first-order valence-electron chi connectivity index (χ1n) is 6.97. The molecule has 1 atom stereocenters. The summed E-state index contributed by atoms with van der Waals surface area (Å²) < 4.78 is 54.2. The van der Waals surface area contributed by atoms with Crippen LogP contribution < -0.4 is 5.32 Å². The zero-order valence-corrected chi connectivity index (χ0v) is 13.9. The molecule has 1 saturated heterocycles. The van der Waals surface area contributed by atoms with Gasteiger partial charge in [0.05, 0.1) is 10.6 Å². The monoisotopic (exact) mass is 372 g/mol. The van der Waals surface area contributed by atoms with Crippen LogP contribution in [0.15, 0.2) is 24.8 Å². The van der Waals surface area contributed by atoms with Gasteiger partial charge in [-0.3, -0.25) is 4.90 Å². The Kier molecular flexibility index (Phi) is 7.32. The molecular weight excluding hydrogens is 355 g/mol. The highest BCUT2D eigenvalue weighted by atomic mass is 35.5. The van der Waals surface area contributed by atoms with Crippen LogP contribution >= 0.6 is 24.0 Å². The summed E-state index contributed by atoms with van der Waals surface area (Å²) in [5.41, 5.74) is -1.36. The van der Waals surface area contributed by atoms with Crippen molar-refractivity contribution in [2.24, 2.45) is 0 Å². The highest BCUT2D eigenvalue weighted by Crippen LogP contribution is 2.41. The van der Waals surface area contributed by atoms with E-state index in [2.05, 4.69) is 11.9 Å². The molecule has 0 spiro atoms. The summed E-state index contributed by atoms with van der Waals surface area (Å²) in [4.78, 5) is 1.84. The predicted octanol–water partition coefficient (Wildman–Crippen LogP) is 4.44. The first-order chi connectivity index (χ1) is 10.4. The summed E-state index contributed by atoms with van der Waals surface area (Å²) in [7, 11) is 0. The van der Waals surface area contributed by atoms with Crippen LogP contribution in [0, 0.1) is 5.82 Å². The van der Waals surface area contributed by atoms with Gasteiger partial charge in [-0.2, -0.15) is 13.2 Å². The van der Waals surface area contributed by atoms with Gasteiger partial charge in [0.2, 0.25) is 0 Å². The van der Waals surface area contributed by atoms with E-state index in [-0.39, 0.29) is 29.4 Å². The zero-order valence-electron chi connectivity index (χ0n) is 12.3. The second-order valence-electron chi connectivity index (χ2n) is 5.15. The van der Waals surface area contributed by atoms with Gasteiger partial charge in [-0.1, -0.05) is 17.7 Å². The largest absolute Gasteiger partial charge is 0.416 e. The van der Waals surface area contributed by atoms with E-state index in [4.69, 9.17) is 11.6 Å². The molecule has 1 aliphatic heterocycles. The third-order valence-electron chi connectivity index (χ3n) is 3.75. The van der Waals surface area contributed by atoms with Crippen molar-refractivity contribution in [3.63, 3.8) is 0 Å². The van der Waals surface area contributed by atoms with Crippen LogP contribution in [0.2, 0.25) is 5.02 Å². The lowest BCUT2D eigenvalue weighted by molar-refractivity contribution is -0.139. The predicted molar refractivity (Wildman–Crippen MR) is 85.7 cm³/mol. The standard InChI is InChI=1S/C15H17ClF4N2.ClH/c1-2-3-12(22-8-6-21-7-9-22)13-10(15(18,19)20)4-5-11(16)14(13)17;/h2,4-5,12,21H,1,3,6-9H2;1H/t12-;/m0./s1. The van der Waals surface area contributed by atoms with Crippen LogP contribution in [-0.2, 0) is 6.18 Å². The minimum atomic E-state index is -4.63. The quantitative estimate of drug-likeness (QED) is 0.620. The van der Waals surface area contributed by atoms with Crippen LogP contribution in [0.25, 0.3) is 0 Å². The summed E-state index contributed by atoms with van der Waals surface area (Å²) in [6.45, 7) is 5.97. The molecule has 0 radical (unpaired) electrons. The number of hydrogen-bond donors (Lipinski definition) is 1. The van der Waals surface area contributed by atoms with E-state index in [9.17, 15) is 17.6 Å². The Bertz CT molecular complexity index is 543. The van der Waals surface area contributed by atoms with Crippen molar-refractivity contribution in [3.05, 3.63) is 46.8 Å². The molecule has 1 heterocycles. The van der Waals surface area contributed by atoms with Crippen molar-refractivity contribution in [1.29, 1.82) is 0 Å². The van der Waals surface area contributed by atoms with Crippen molar-refractivity contribution in [1.82, 2.24) is 10.2 Å². The molecule has 0 saturated carbocycles. The number of nitrogens with one attached hydrogen (secondary N) is 1. The van der Waals surface area contributed by atoms with Crippen molar-refractivity contribution in [2.75, 3.05) is 26.2 Å². The molecule has 130 valence electrons. The Morgan fingerprint density at radius 2 is 1.91 bits per heavy atom. The maximum Gasteiger partial charge on any atom is 0.416 e. The van der Waals surface area contributed by atoms with E-state index in [1.807, 2.05) is 4.90 Å².